The van der Waals surface area contributed by atoms with Crippen LogP contribution in [0.2, 0.25) is 5.02 Å². The van der Waals surface area contributed by atoms with Crippen molar-refractivity contribution in [1.29, 1.82) is 0 Å². The average Bonchev–Trinajstić information content (AvgIpc) is 3.01. The molecule has 1 amide bonds. The molecule has 1 aromatic carbocycles. The van der Waals surface area contributed by atoms with Crippen LogP contribution in [0, 0.1) is 5.92 Å². The van der Waals surface area contributed by atoms with Gasteiger partial charge in [-0.05, 0) is 61.8 Å². The van der Waals surface area contributed by atoms with Crippen molar-refractivity contribution in [3.05, 3.63) is 46.2 Å². The maximum Gasteiger partial charge on any atom is 0.257 e. The summed E-state index contributed by atoms with van der Waals surface area (Å²) in [7, 11) is 0. The van der Waals surface area contributed by atoms with E-state index in [1.54, 1.807) is 0 Å². The summed E-state index contributed by atoms with van der Waals surface area (Å²) < 4.78 is 1.95. The third kappa shape index (κ3) is 4.37. The highest BCUT2D eigenvalue weighted by molar-refractivity contribution is 6.30. The third-order valence-electron chi connectivity index (χ3n) is 5.07. The molecule has 5 heteroatoms. The van der Waals surface area contributed by atoms with E-state index in [9.17, 15) is 4.79 Å². The molecule has 0 saturated carbocycles. The fraction of sp³-hybridized carbons (Fsp3) is 0.545. The summed E-state index contributed by atoms with van der Waals surface area (Å²) in [5.41, 5.74) is 3.68. The van der Waals surface area contributed by atoms with Crippen molar-refractivity contribution in [2.75, 3.05) is 13.1 Å². The summed E-state index contributed by atoms with van der Waals surface area (Å²) >= 11 is 6.07. The summed E-state index contributed by atoms with van der Waals surface area (Å²) in [4.78, 5) is 15.5. The first-order valence-electron chi connectivity index (χ1n) is 10.1. The zero-order chi connectivity index (χ0) is 19.6. The SMILES string of the molecule is CC(C)Cc1nn(-c2ccc(Cl)cc2)c(C(C)C)c1C(=O)N1CCCCC1. The lowest BCUT2D eigenvalue weighted by Crippen LogP contribution is -2.36. The van der Waals surface area contributed by atoms with Crippen LogP contribution in [0.25, 0.3) is 5.69 Å². The minimum atomic E-state index is 0.147. The molecule has 146 valence electrons. The lowest BCUT2D eigenvalue weighted by molar-refractivity contribution is 0.0721. The van der Waals surface area contributed by atoms with Gasteiger partial charge in [-0.1, -0.05) is 39.3 Å². The molecule has 1 aromatic heterocycles. The number of carbonyl (C=O) groups excluding carboxylic acids is 1. The lowest BCUT2D eigenvalue weighted by atomic mass is 9.97. The van der Waals surface area contributed by atoms with Gasteiger partial charge in [-0.3, -0.25) is 4.79 Å². The van der Waals surface area contributed by atoms with Gasteiger partial charge >= 0.3 is 0 Å². The van der Waals surface area contributed by atoms with Gasteiger partial charge in [0, 0.05) is 18.1 Å². The number of carbonyl (C=O) groups is 1. The van der Waals surface area contributed by atoms with Crippen molar-refractivity contribution >= 4 is 17.5 Å². The van der Waals surface area contributed by atoms with Gasteiger partial charge in [0.15, 0.2) is 0 Å². The molecular weight excluding hydrogens is 358 g/mol. The second-order valence-electron chi connectivity index (χ2n) is 8.20. The molecular formula is C22H30ClN3O. The molecule has 4 nitrogen and oxygen atoms in total. The molecule has 0 bridgehead atoms. The summed E-state index contributed by atoms with van der Waals surface area (Å²) in [6, 6.07) is 7.68. The Morgan fingerprint density at radius 1 is 1.07 bits per heavy atom. The highest BCUT2D eigenvalue weighted by Gasteiger charge is 2.30. The predicted octanol–water partition coefficient (Wildman–Crippen LogP) is 5.47. The second kappa shape index (κ2) is 8.47. The Balaban J connectivity index is 2.13. The van der Waals surface area contributed by atoms with E-state index in [2.05, 4.69) is 27.7 Å². The number of hydrogen-bond acceptors (Lipinski definition) is 2. The Morgan fingerprint density at radius 2 is 1.70 bits per heavy atom. The molecule has 0 atom stereocenters. The number of rotatable bonds is 5. The van der Waals surface area contributed by atoms with Crippen molar-refractivity contribution < 1.29 is 4.79 Å². The van der Waals surface area contributed by atoms with E-state index >= 15 is 0 Å². The van der Waals surface area contributed by atoms with Crippen LogP contribution in [-0.2, 0) is 6.42 Å². The Bertz CT molecular complexity index is 787. The standard InChI is InChI=1S/C22H30ClN3O/c1-15(2)14-19-20(22(27)25-12-6-5-7-13-25)21(16(3)4)26(24-19)18-10-8-17(23)9-11-18/h8-11,15-16H,5-7,12-14H2,1-4H3. The maximum absolute atomic E-state index is 13.5. The normalized spacial score (nSPS) is 15.0. The molecule has 0 spiro atoms. The molecule has 0 aliphatic carbocycles. The Labute approximate surface area is 167 Å². The van der Waals surface area contributed by atoms with Crippen LogP contribution in [0.4, 0.5) is 0 Å². The Morgan fingerprint density at radius 3 is 2.26 bits per heavy atom. The van der Waals surface area contributed by atoms with Gasteiger partial charge in [0.05, 0.1) is 22.6 Å². The number of benzene rings is 1. The Kier molecular flexibility index (Phi) is 6.25. The molecule has 1 fully saturated rings. The van der Waals surface area contributed by atoms with Gasteiger partial charge in [-0.2, -0.15) is 5.10 Å². The van der Waals surface area contributed by atoms with Crippen LogP contribution >= 0.6 is 11.6 Å². The van der Waals surface area contributed by atoms with Gasteiger partial charge < -0.3 is 4.90 Å². The zero-order valence-electron chi connectivity index (χ0n) is 16.8. The van der Waals surface area contributed by atoms with Crippen molar-refractivity contribution in [2.45, 2.75) is 59.3 Å². The van der Waals surface area contributed by atoms with Crippen LogP contribution in [0.15, 0.2) is 24.3 Å². The molecule has 0 unspecified atom stereocenters. The van der Waals surface area contributed by atoms with Gasteiger partial charge in [0.25, 0.3) is 5.91 Å². The van der Waals surface area contributed by atoms with Crippen molar-refractivity contribution in [2.24, 2.45) is 5.92 Å². The smallest absolute Gasteiger partial charge is 0.257 e. The molecule has 1 saturated heterocycles. The van der Waals surface area contributed by atoms with Gasteiger partial charge in [0.1, 0.15) is 0 Å². The number of halogens is 1. The van der Waals surface area contributed by atoms with Crippen molar-refractivity contribution in [1.82, 2.24) is 14.7 Å². The number of hydrogen-bond donors (Lipinski definition) is 0. The molecule has 2 aromatic rings. The van der Waals surface area contributed by atoms with Gasteiger partial charge in [0.2, 0.25) is 0 Å². The van der Waals surface area contributed by atoms with E-state index in [4.69, 9.17) is 16.7 Å². The second-order valence-corrected chi connectivity index (χ2v) is 8.64. The minimum Gasteiger partial charge on any atom is -0.339 e. The van der Waals surface area contributed by atoms with Crippen LogP contribution in [-0.4, -0.2) is 33.7 Å². The van der Waals surface area contributed by atoms with E-state index in [0.29, 0.717) is 10.9 Å². The van der Waals surface area contributed by atoms with E-state index in [-0.39, 0.29) is 11.8 Å². The van der Waals surface area contributed by atoms with E-state index < -0.39 is 0 Å². The molecule has 0 radical (unpaired) electrons. The molecule has 27 heavy (non-hydrogen) atoms. The van der Waals surface area contributed by atoms with Crippen LogP contribution in [0.5, 0.6) is 0 Å². The number of likely N-dealkylation sites (tertiary alicyclic amines) is 1. The first-order chi connectivity index (χ1) is 12.9. The van der Waals surface area contributed by atoms with E-state index in [0.717, 1.165) is 55.0 Å². The first-order valence-corrected chi connectivity index (χ1v) is 10.4. The summed E-state index contributed by atoms with van der Waals surface area (Å²) in [5, 5.41) is 5.61. The molecule has 3 rings (SSSR count). The summed E-state index contributed by atoms with van der Waals surface area (Å²) in [5.74, 6) is 0.776. The Hall–Kier alpha value is -1.81. The highest BCUT2D eigenvalue weighted by atomic mass is 35.5. The van der Waals surface area contributed by atoms with Crippen LogP contribution in [0.3, 0.4) is 0 Å². The topological polar surface area (TPSA) is 38.1 Å². The minimum absolute atomic E-state index is 0.147. The maximum atomic E-state index is 13.5. The molecule has 1 aliphatic heterocycles. The predicted molar refractivity (Wildman–Crippen MR) is 111 cm³/mol. The molecule has 2 heterocycles. The van der Waals surface area contributed by atoms with Crippen molar-refractivity contribution in [3.8, 4) is 5.69 Å². The summed E-state index contributed by atoms with van der Waals surface area (Å²) in [6.45, 7) is 10.3. The lowest BCUT2D eigenvalue weighted by Gasteiger charge is -2.27. The van der Waals surface area contributed by atoms with Gasteiger partial charge in [-0.25, -0.2) is 4.68 Å². The average molecular weight is 388 g/mol. The zero-order valence-corrected chi connectivity index (χ0v) is 17.6. The van der Waals surface area contributed by atoms with Crippen LogP contribution in [0.1, 0.15) is 74.6 Å². The summed E-state index contributed by atoms with van der Waals surface area (Å²) in [6.07, 6.45) is 4.19. The molecule has 1 aliphatic rings. The quantitative estimate of drug-likeness (QED) is 0.681. The third-order valence-corrected chi connectivity index (χ3v) is 5.32. The largest absolute Gasteiger partial charge is 0.339 e. The number of amides is 1. The monoisotopic (exact) mass is 387 g/mol. The fourth-order valence-electron chi connectivity index (χ4n) is 3.81. The van der Waals surface area contributed by atoms with E-state index in [1.807, 2.05) is 33.8 Å². The first kappa shape index (κ1) is 19.9. The molecule has 0 N–H and O–H groups in total. The number of aromatic nitrogens is 2. The van der Waals surface area contributed by atoms with Crippen molar-refractivity contribution in [3.63, 3.8) is 0 Å². The fourth-order valence-corrected chi connectivity index (χ4v) is 3.93. The van der Waals surface area contributed by atoms with Gasteiger partial charge in [-0.15, -0.1) is 0 Å². The highest BCUT2D eigenvalue weighted by Crippen LogP contribution is 2.30. The van der Waals surface area contributed by atoms with Crippen LogP contribution < -0.4 is 0 Å². The van der Waals surface area contributed by atoms with E-state index in [1.165, 1.54) is 6.42 Å². The number of piperidine rings is 1. The number of nitrogens with zero attached hydrogens (tertiary/aromatic N) is 3.